The topological polar surface area (TPSA) is 74.5 Å². The number of alkyl halides is 4. The number of rotatable bonds is 7. The summed E-state index contributed by atoms with van der Waals surface area (Å²) in [7, 11) is 3.42. The van der Waals surface area contributed by atoms with E-state index in [0.29, 0.717) is 11.6 Å². The molecule has 2 aliphatic heterocycles. The van der Waals surface area contributed by atoms with Crippen molar-refractivity contribution in [1.82, 2.24) is 4.90 Å². The first-order valence-electron chi connectivity index (χ1n) is 8.34. The minimum Gasteiger partial charge on any atom is -0.388 e. The number of thioether (sulfide) groups is 1. The van der Waals surface area contributed by atoms with E-state index >= 15 is 0 Å². The molecule has 152 valence electrons. The number of ether oxygens (including phenoxy) is 2. The number of fused-ring (bicyclic) bond motifs is 1. The van der Waals surface area contributed by atoms with Crippen molar-refractivity contribution in [1.29, 1.82) is 0 Å². The fraction of sp³-hybridized carbons (Fsp3) is 0.933. The first-order chi connectivity index (χ1) is 12.2. The molecule has 0 aromatic carbocycles. The van der Waals surface area contributed by atoms with Crippen molar-refractivity contribution < 1.29 is 37.2 Å². The Labute approximate surface area is 153 Å². The number of unbranched alkanes of at least 4 members (excludes halogenated alkanes) is 2. The lowest BCUT2D eigenvalue weighted by Crippen LogP contribution is -2.61. The summed E-state index contributed by atoms with van der Waals surface area (Å²) in [6.45, 7) is -0.776. The standard InChI is InChI=1S/C15H24F4N2O4S/c1-21(2)14-20-8-9(22)10(23)11(25-13(8)26-14)12(15(17,18)19)24-7-5-3-4-6-16/h8-13,22-23H,3-7H2,1-2H3/t8-,9-,10+,11+,12?,13-/m1/s1. The molecule has 0 spiro atoms. The summed E-state index contributed by atoms with van der Waals surface area (Å²) in [5, 5.41) is 20.9. The Morgan fingerprint density at radius 1 is 1.23 bits per heavy atom. The third-order valence-electron chi connectivity index (χ3n) is 4.17. The highest BCUT2D eigenvalue weighted by Crippen LogP contribution is 2.40. The maximum absolute atomic E-state index is 13.4. The SMILES string of the molecule is CN(C)C1=N[C@@H]2[C@@H](O)[C@H](O)[C@@H](C(OCCCCCF)C(F)(F)F)O[C@@H]2S1. The molecule has 1 saturated heterocycles. The molecule has 0 radical (unpaired) electrons. The molecule has 2 N–H and O–H groups in total. The number of hydrogen-bond acceptors (Lipinski definition) is 7. The first kappa shape index (κ1) is 21.7. The molecule has 0 aliphatic carbocycles. The largest absolute Gasteiger partial charge is 0.417 e. The van der Waals surface area contributed by atoms with Crippen molar-refractivity contribution in [2.45, 2.75) is 61.3 Å². The summed E-state index contributed by atoms with van der Waals surface area (Å²) >= 11 is 1.09. The van der Waals surface area contributed by atoms with Crippen LogP contribution in [0.25, 0.3) is 0 Å². The molecule has 2 rings (SSSR count). The van der Waals surface area contributed by atoms with Crippen LogP contribution in [0.4, 0.5) is 17.6 Å². The van der Waals surface area contributed by atoms with Gasteiger partial charge in [-0.3, -0.25) is 9.38 Å². The van der Waals surface area contributed by atoms with Gasteiger partial charge in [-0.1, -0.05) is 11.8 Å². The number of aliphatic hydroxyl groups excluding tert-OH is 2. The van der Waals surface area contributed by atoms with Gasteiger partial charge in [0.05, 0.1) is 6.67 Å². The van der Waals surface area contributed by atoms with Gasteiger partial charge < -0.3 is 24.6 Å². The molecule has 6 atom stereocenters. The maximum Gasteiger partial charge on any atom is 0.417 e. The van der Waals surface area contributed by atoms with E-state index in [9.17, 15) is 27.8 Å². The van der Waals surface area contributed by atoms with Gasteiger partial charge in [-0.2, -0.15) is 13.2 Å². The van der Waals surface area contributed by atoms with Gasteiger partial charge in [0.25, 0.3) is 0 Å². The minimum atomic E-state index is -4.78. The Bertz CT molecular complexity index is 495. The second-order valence-corrected chi connectivity index (χ2v) is 7.51. The summed E-state index contributed by atoms with van der Waals surface area (Å²) in [4.78, 5) is 5.86. The molecular weight excluding hydrogens is 380 g/mol. The first-order valence-corrected chi connectivity index (χ1v) is 9.22. The number of aliphatic hydroxyl groups is 2. The highest BCUT2D eigenvalue weighted by atomic mass is 32.2. The summed E-state index contributed by atoms with van der Waals surface area (Å²) < 4.78 is 62.7. The van der Waals surface area contributed by atoms with E-state index in [1.807, 2.05) is 0 Å². The van der Waals surface area contributed by atoms with Crippen LogP contribution in [0.15, 0.2) is 4.99 Å². The highest BCUT2D eigenvalue weighted by Gasteiger charge is 2.57. The van der Waals surface area contributed by atoms with Crippen molar-refractivity contribution in [3.05, 3.63) is 0 Å². The molecule has 0 aromatic heterocycles. The molecule has 2 heterocycles. The van der Waals surface area contributed by atoms with E-state index in [2.05, 4.69) is 4.99 Å². The van der Waals surface area contributed by atoms with Crippen LogP contribution in [0.1, 0.15) is 19.3 Å². The van der Waals surface area contributed by atoms with Gasteiger partial charge in [0, 0.05) is 20.7 Å². The van der Waals surface area contributed by atoms with E-state index in [1.165, 1.54) is 0 Å². The van der Waals surface area contributed by atoms with E-state index < -0.39 is 48.7 Å². The predicted octanol–water partition coefficient (Wildman–Crippen LogP) is 1.55. The van der Waals surface area contributed by atoms with Crippen LogP contribution in [0.2, 0.25) is 0 Å². The number of nitrogens with zero attached hydrogens (tertiary/aromatic N) is 2. The maximum atomic E-state index is 13.4. The zero-order valence-electron chi connectivity index (χ0n) is 14.5. The van der Waals surface area contributed by atoms with Gasteiger partial charge >= 0.3 is 6.18 Å². The van der Waals surface area contributed by atoms with Crippen LogP contribution >= 0.6 is 11.8 Å². The highest BCUT2D eigenvalue weighted by molar-refractivity contribution is 8.14. The average molecular weight is 404 g/mol. The van der Waals surface area contributed by atoms with Crippen LogP contribution < -0.4 is 0 Å². The summed E-state index contributed by atoms with van der Waals surface area (Å²) in [5.41, 5.74) is -0.837. The van der Waals surface area contributed by atoms with Gasteiger partial charge in [0.2, 0.25) is 0 Å². The Kier molecular flexibility index (Phi) is 7.54. The van der Waals surface area contributed by atoms with Gasteiger partial charge in [-0.15, -0.1) is 0 Å². The van der Waals surface area contributed by atoms with Crippen molar-refractivity contribution in [3.8, 4) is 0 Å². The predicted molar refractivity (Wildman–Crippen MR) is 88.8 cm³/mol. The summed E-state index contributed by atoms with van der Waals surface area (Å²) in [6, 6.07) is -0.845. The smallest absolute Gasteiger partial charge is 0.388 e. The molecule has 0 aromatic rings. The zero-order chi connectivity index (χ0) is 19.5. The third kappa shape index (κ3) is 5.00. The Morgan fingerprint density at radius 3 is 2.50 bits per heavy atom. The van der Waals surface area contributed by atoms with Crippen LogP contribution in [0, 0.1) is 0 Å². The quantitative estimate of drug-likeness (QED) is 0.496. The normalized spacial score (nSPS) is 32.9. The molecular formula is C15H24F4N2O4S. The lowest BCUT2D eigenvalue weighted by atomic mass is 9.94. The molecule has 2 aliphatic rings. The number of amidine groups is 1. The van der Waals surface area contributed by atoms with E-state index in [1.54, 1.807) is 19.0 Å². The second kappa shape index (κ2) is 9.05. The number of hydrogen-bond donors (Lipinski definition) is 2. The van der Waals surface area contributed by atoms with Crippen molar-refractivity contribution in [2.24, 2.45) is 4.99 Å². The molecule has 0 amide bonds. The minimum absolute atomic E-state index is 0.243. The molecule has 11 heteroatoms. The fourth-order valence-corrected chi connectivity index (χ4v) is 3.95. The van der Waals surface area contributed by atoms with Gasteiger partial charge in [-0.05, 0) is 19.3 Å². The second-order valence-electron chi connectivity index (χ2n) is 6.45. The fourth-order valence-electron chi connectivity index (χ4n) is 2.80. The van der Waals surface area contributed by atoms with Gasteiger partial charge in [-0.25, -0.2) is 0 Å². The lowest BCUT2D eigenvalue weighted by molar-refractivity contribution is -0.284. The van der Waals surface area contributed by atoms with Gasteiger partial charge in [0.15, 0.2) is 11.3 Å². The molecule has 26 heavy (non-hydrogen) atoms. The molecule has 1 unspecified atom stereocenters. The Balaban J connectivity index is 2.06. The lowest BCUT2D eigenvalue weighted by Gasteiger charge is -2.41. The molecule has 1 fully saturated rings. The van der Waals surface area contributed by atoms with Crippen LogP contribution in [0.5, 0.6) is 0 Å². The van der Waals surface area contributed by atoms with Crippen LogP contribution in [-0.4, -0.2) is 89.7 Å². The number of halogens is 4. The van der Waals surface area contributed by atoms with E-state index in [0.717, 1.165) is 11.8 Å². The molecule has 0 saturated carbocycles. The third-order valence-corrected chi connectivity index (χ3v) is 5.47. The van der Waals surface area contributed by atoms with Crippen molar-refractivity contribution >= 4 is 16.9 Å². The zero-order valence-corrected chi connectivity index (χ0v) is 15.3. The van der Waals surface area contributed by atoms with Crippen molar-refractivity contribution in [3.63, 3.8) is 0 Å². The average Bonchev–Trinajstić information content (AvgIpc) is 2.98. The summed E-state index contributed by atoms with van der Waals surface area (Å²) in [5.74, 6) is 0. The van der Waals surface area contributed by atoms with Crippen molar-refractivity contribution in [2.75, 3.05) is 27.4 Å². The van der Waals surface area contributed by atoms with Gasteiger partial charge in [0.1, 0.15) is 29.8 Å². The van der Waals surface area contributed by atoms with Crippen LogP contribution in [0.3, 0.4) is 0 Å². The van der Waals surface area contributed by atoms with E-state index in [4.69, 9.17) is 9.47 Å². The number of aliphatic imine (C=N–C) groups is 1. The Hall–Kier alpha value is -0.620. The monoisotopic (exact) mass is 404 g/mol. The molecule has 6 nitrogen and oxygen atoms in total. The van der Waals surface area contributed by atoms with E-state index in [-0.39, 0.29) is 19.4 Å². The van der Waals surface area contributed by atoms with Crippen LogP contribution in [-0.2, 0) is 9.47 Å². The molecule has 0 bridgehead atoms. The Morgan fingerprint density at radius 2 is 1.92 bits per heavy atom. The summed E-state index contributed by atoms with van der Waals surface area (Å²) in [6.07, 6.45) is -11.3.